The van der Waals surface area contributed by atoms with Crippen LogP contribution in [0.1, 0.15) is 39.3 Å². The third kappa shape index (κ3) is 4.63. The predicted molar refractivity (Wildman–Crippen MR) is 83.1 cm³/mol. The number of halogens is 1. The van der Waals surface area contributed by atoms with Crippen molar-refractivity contribution in [2.45, 2.75) is 39.8 Å². The van der Waals surface area contributed by atoms with Crippen molar-refractivity contribution in [2.24, 2.45) is 5.92 Å². The molecule has 1 aromatic carbocycles. The van der Waals surface area contributed by atoms with Gasteiger partial charge in [0.05, 0.1) is 6.04 Å². The van der Waals surface area contributed by atoms with Crippen LogP contribution in [0.25, 0.3) is 0 Å². The van der Waals surface area contributed by atoms with Gasteiger partial charge in [0.15, 0.2) is 0 Å². The fourth-order valence-corrected chi connectivity index (χ4v) is 2.59. The Morgan fingerprint density at radius 3 is 2.20 bits per heavy atom. The molecule has 1 rings (SSSR count). The van der Waals surface area contributed by atoms with E-state index in [0.29, 0.717) is 0 Å². The Morgan fingerprint density at radius 1 is 1.10 bits per heavy atom. The summed E-state index contributed by atoms with van der Waals surface area (Å²) < 4.78 is 0.952. The molecule has 1 aromatic rings. The highest BCUT2D eigenvalue weighted by Gasteiger charge is 2.24. The number of hydrogen-bond donors (Lipinski definition) is 2. The quantitative estimate of drug-likeness (QED) is 0.865. The maximum atomic E-state index is 12.3. The molecule has 20 heavy (non-hydrogen) atoms. The molecular weight excluding hydrogens is 320 g/mol. The molecule has 110 valence electrons. The summed E-state index contributed by atoms with van der Waals surface area (Å²) in [6.45, 7) is 7.15. The molecule has 2 N–H and O–H groups in total. The van der Waals surface area contributed by atoms with Crippen LogP contribution < -0.4 is 10.6 Å². The van der Waals surface area contributed by atoms with Crippen molar-refractivity contribution >= 4 is 27.7 Å². The van der Waals surface area contributed by atoms with E-state index in [1.165, 1.54) is 6.92 Å². The molecule has 0 aliphatic rings. The molecule has 0 aliphatic carbocycles. The molecule has 4 nitrogen and oxygen atoms in total. The largest absolute Gasteiger partial charge is 0.348 e. The number of carbonyl (C=O) groups is 2. The van der Waals surface area contributed by atoms with Gasteiger partial charge in [-0.3, -0.25) is 9.59 Å². The molecule has 0 radical (unpaired) electrons. The minimum absolute atomic E-state index is 0.0327. The van der Waals surface area contributed by atoms with E-state index in [1.54, 1.807) is 0 Å². The van der Waals surface area contributed by atoms with Crippen LogP contribution in [0.3, 0.4) is 0 Å². The molecule has 0 bridgehead atoms. The molecule has 0 aliphatic heterocycles. The predicted octanol–water partition coefficient (Wildman–Crippen LogP) is 2.79. The number of amides is 2. The molecule has 5 heteroatoms. The van der Waals surface area contributed by atoms with Crippen LogP contribution >= 0.6 is 15.9 Å². The van der Waals surface area contributed by atoms with Crippen molar-refractivity contribution < 1.29 is 9.59 Å². The van der Waals surface area contributed by atoms with E-state index in [0.717, 1.165) is 10.0 Å². The van der Waals surface area contributed by atoms with Crippen molar-refractivity contribution in [2.75, 3.05) is 0 Å². The lowest BCUT2D eigenvalue weighted by molar-refractivity contribution is -0.129. The normalized spacial score (nSPS) is 13.7. The highest BCUT2D eigenvalue weighted by molar-refractivity contribution is 9.10. The second-order valence-electron chi connectivity index (χ2n) is 5.17. The van der Waals surface area contributed by atoms with Crippen LogP contribution in [-0.4, -0.2) is 17.9 Å². The van der Waals surface area contributed by atoms with Crippen LogP contribution in [0.5, 0.6) is 0 Å². The van der Waals surface area contributed by atoms with Gasteiger partial charge < -0.3 is 10.6 Å². The number of benzene rings is 1. The summed E-state index contributed by atoms with van der Waals surface area (Å²) in [5, 5.41) is 5.63. The lowest BCUT2D eigenvalue weighted by Gasteiger charge is -2.24. The van der Waals surface area contributed by atoms with E-state index in [2.05, 4.69) is 26.6 Å². The van der Waals surface area contributed by atoms with Gasteiger partial charge >= 0.3 is 0 Å². The van der Waals surface area contributed by atoms with E-state index in [4.69, 9.17) is 0 Å². The average molecular weight is 341 g/mol. The van der Waals surface area contributed by atoms with Crippen LogP contribution in [0.2, 0.25) is 0 Å². The molecule has 2 amide bonds. The van der Waals surface area contributed by atoms with Gasteiger partial charge in [-0.2, -0.15) is 0 Å². The van der Waals surface area contributed by atoms with Gasteiger partial charge in [0.25, 0.3) is 0 Å². The average Bonchev–Trinajstić information content (AvgIpc) is 2.35. The first-order chi connectivity index (χ1) is 9.32. The molecule has 0 aromatic heterocycles. The van der Waals surface area contributed by atoms with Gasteiger partial charge in [0.1, 0.15) is 6.04 Å². The van der Waals surface area contributed by atoms with Crippen LogP contribution in [0.15, 0.2) is 28.7 Å². The van der Waals surface area contributed by atoms with Crippen LogP contribution in [0, 0.1) is 5.92 Å². The summed E-state index contributed by atoms with van der Waals surface area (Å²) in [4.78, 5) is 23.4. The Hall–Kier alpha value is -1.36. The third-order valence-electron chi connectivity index (χ3n) is 3.04. The van der Waals surface area contributed by atoms with Crippen LogP contribution in [0.4, 0.5) is 0 Å². The molecule has 2 atom stereocenters. The summed E-state index contributed by atoms with van der Waals surface area (Å²) in [7, 11) is 0. The minimum atomic E-state index is -0.516. The lowest BCUT2D eigenvalue weighted by Crippen LogP contribution is -2.49. The van der Waals surface area contributed by atoms with Gasteiger partial charge in [-0.05, 0) is 24.5 Å². The fraction of sp³-hybridized carbons (Fsp3) is 0.467. The smallest absolute Gasteiger partial charge is 0.243 e. The first kappa shape index (κ1) is 16.7. The molecule has 0 heterocycles. The topological polar surface area (TPSA) is 58.2 Å². The maximum Gasteiger partial charge on any atom is 0.243 e. The zero-order valence-corrected chi connectivity index (χ0v) is 13.8. The summed E-state index contributed by atoms with van der Waals surface area (Å²) in [6.07, 6.45) is 0. The zero-order valence-electron chi connectivity index (χ0n) is 12.2. The van der Waals surface area contributed by atoms with E-state index < -0.39 is 6.04 Å². The molecule has 0 spiro atoms. The third-order valence-corrected chi connectivity index (χ3v) is 3.76. The summed E-state index contributed by atoms with van der Waals surface area (Å²) in [5.74, 6) is -0.337. The van der Waals surface area contributed by atoms with Crippen molar-refractivity contribution in [1.82, 2.24) is 10.6 Å². The molecule has 0 saturated heterocycles. The Bertz CT molecular complexity index is 489. The minimum Gasteiger partial charge on any atom is -0.348 e. The number of hydrogen-bond acceptors (Lipinski definition) is 2. The number of rotatable bonds is 5. The lowest BCUT2D eigenvalue weighted by atomic mass is 10.0. The van der Waals surface area contributed by atoms with E-state index in [-0.39, 0.29) is 23.8 Å². The molecule has 0 unspecified atom stereocenters. The summed E-state index contributed by atoms with van der Waals surface area (Å²) in [6, 6.07) is 7.10. The second-order valence-corrected chi connectivity index (χ2v) is 6.03. The first-order valence-electron chi connectivity index (χ1n) is 6.64. The molecule has 0 saturated carbocycles. The second kappa shape index (κ2) is 7.43. The molecular formula is C15H21BrN2O2. The van der Waals surface area contributed by atoms with E-state index >= 15 is 0 Å². The molecule has 0 fully saturated rings. The van der Waals surface area contributed by atoms with E-state index in [9.17, 15) is 9.59 Å². The Morgan fingerprint density at radius 2 is 1.70 bits per heavy atom. The Labute approximate surface area is 128 Å². The van der Waals surface area contributed by atoms with Gasteiger partial charge in [0, 0.05) is 11.4 Å². The van der Waals surface area contributed by atoms with Crippen molar-refractivity contribution in [3.05, 3.63) is 34.3 Å². The highest BCUT2D eigenvalue weighted by Crippen LogP contribution is 2.22. The van der Waals surface area contributed by atoms with E-state index in [1.807, 2.05) is 45.0 Å². The van der Waals surface area contributed by atoms with Gasteiger partial charge in [-0.25, -0.2) is 0 Å². The van der Waals surface area contributed by atoms with Crippen molar-refractivity contribution in [3.63, 3.8) is 0 Å². The summed E-state index contributed by atoms with van der Waals surface area (Å²) >= 11 is 3.47. The van der Waals surface area contributed by atoms with Gasteiger partial charge in [-0.1, -0.05) is 48.0 Å². The summed E-state index contributed by atoms with van der Waals surface area (Å²) in [5.41, 5.74) is 1.01. The first-order valence-corrected chi connectivity index (χ1v) is 7.44. The van der Waals surface area contributed by atoms with Gasteiger partial charge in [0.2, 0.25) is 11.8 Å². The number of carbonyl (C=O) groups excluding carboxylic acids is 2. The highest BCUT2D eigenvalue weighted by atomic mass is 79.9. The number of nitrogens with one attached hydrogen (secondary N) is 2. The standard InChI is InChI=1S/C15H21BrN2O2/c1-9(2)14(18-11(4)19)15(20)17-10(3)12-7-5-6-8-13(12)16/h5-10,14H,1-4H3,(H,17,20)(H,18,19)/t10-,14-/m1/s1. The SMILES string of the molecule is CC(=O)N[C@@H](C(=O)N[C@H](C)c1ccccc1Br)C(C)C. The van der Waals surface area contributed by atoms with Crippen molar-refractivity contribution in [1.29, 1.82) is 0 Å². The Balaban J connectivity index is 2.78. The maximum absolute atomic E-state index is 12.3. The fourth-order valence-electron chi connectivity index (χ4n) is 1.96. The van der Waals surface area contributed by atoms with Crippen LogP contribution in [-0.2, 0) is 9.59 Å². The zero-order chi connectivity index (χ0) is 15.3. The van der Waals surface area contributed by atoms with Crippen molar-refractivity contribution in [3.8, 4) is 0 Å². The van der Waals surface area contributed by atoms with Gasteiger partial charge in [-0.15, -0.1) is 0 Å². The monoisotopic (exact) mass is 340 g/mol. The Kier molecular flexibility index (Phi) is 6.20.